The van der Waals surface area contributed by atoms with Gasteiger partial charge in [-0.3, -0.25) is 9.59 Å². The van der Waals surface area contributed by atoms with E-state index in [2.05, 4.69) is 5.32 Å². The lowest BCUT2D eigenvalue weighted by Gasteiger charge is -2.15. The van der Waals surface area contributed by atoms with Gasteiger partial charge in [0.25, 0.3) is 0 Å². The smallest absolute Gasteiger partial charge is 0.381 e. The highest BCUT2D eigenvalue weighted by molar-refractivity contribution is 6.04. The third-order valence-electron chi connectivity index (χ3n) is 3.16. The van der Waals surface area contributed by atoms with Gasteiger partial charge in [-0.25, -0.2) is 0 Å². The summed E-state index contributed by atoms with van der Waals surface area (Å²) in [5.74, 6) is -2.56. The molecule has 0 unspecified atom stereocenters. The second-order valence-electron chi connectivity index (χ2n) is 4.90. The van der Waals surface area contributed by atoms with Crippen molar-refractivity contribution in [3.8, 4) is 0 Å². The molecule has 0 atom stereocenters. The molecule has 0 aromatic heterocycles. The van der Waals surface area contributed by atoms with Crippen molar-refractivity contribution in [1.29, 1.82) is 0 Å². The van der Waals surface area contributed by atoms with Crippen LogP contribution in [-0.4, -0.2) is 31.2 Å². The van der Waals surface area contributed by atoms with Crippen molar-refractivity contribution in [3.63, 3.8) is 0 Å². The monoisotopic (exact) mass is 328 g/mol. The van der Waals surface area contributed by atoms with Crippen molar-refractivity contribution >= 4 is 23.2 Å². The molecule has 1 aromatic carbocycles. The summed E-state index contributed by atoms with van der Waals surface area (Å²) in [6.07, 6.45) is -2.31. The lowest BCUT2D eigenvalue weighted by Crippen LogP contribution is -2.30. The molecule has 124 valence electrons. The fourth-order valence-electron chi connectivity index (χ4n) is 2.03. The largest absolute Gasteiger partial charge is 0.471 e. The standard InChI is InChI=1S/C15H15F3N2O3/c16-15(17,18)14(22)20-12-4-2-1-3-11(12)19-13(21)9-10-5-7-23-8-6-10/h1-4,9H,5-8H2,(H,19,21)(H,20,22). The number of halogens is 3. The van der Waals surface area contributed by atoms with Gasteiger partial charge in [-0.15, -0.1) is 0 Å². The summed E-state index contributed by atoms with van der Waals surface area (Å²) in [4.78, 5) is 23.0. The molecule has 1 aromatic rings. The molecule has 0 saturated carbocycles. The summed E-state index contributed by atoms with van der Waals surface area (Å²) in [6.45, 7) is 1.08. The lowest BCUT2D eigenvalue weighted by molar-refractivity contribution is -0.167. The highest BCUT2D eigenvalue weighted by atomic mass is 19.4. The van der Waals surface area contributed by atoms with Crippen LogP contribution >= 0.6 is 0 Å². The highest BCUT2D eigenvalue weighted by Crippen LogP contribution is 2.24. The molecule has 2 rings (SSSR count). The van der Waals surface area contributed by atoms with E-state index in [9.17, 15) is 22.8 Å². The predicted molar refractivity (Wildman–Crippen MR) is 77.9 cm³/mol. The van der Waals surface area contributed by atoms with Gasteiger partial charge in [-0.05, 0) is 25.0 Å². The minimum Gasteiger partial charge on any atom is -0.381 e. The summed E-state index contributed by atoms with van der Waals surface area (Å²) >= 11 is 0. The first-order valence-electron chi connectivity index (χ1n) is 6.91. The number of carbonyl (C=O) groups is 2. The number of carbonyl (C=O) groups excluding carboxylic acids is 2. The number of anilines is 2. The van der Waals surface area contributed by atoms with Gasteiger partial charge in [0.2, 0.25) is 5.91 Å². The van der Waals surface area contributed by atoms with E-state index in [-0.39, 0.29) is 11.4 Å². The van der Waals surface area contributed by atoms with Crippen LogP contribution in [0.2, 0.25) is 0 Å². The molecule has 2 N–H and O–H groups in total. The van der Waals surface area contributed by atoms with Crippen LogP contribution in [0.15, 0.2) is 35.9 Å². The first-order valence-corrected chi connectivity index (χ1v) is 6.91. The number of alkyl halides is 3. The summed E-state index contributed by atoms with van der Waals surface area (Å²) in [5.41, 5.74) is 0.887. The third kappa shape index (κ3) is 5.10. The molecule has 0 radical (unpaired) electrons. The summed E-state index contributed by atoms with van der Waals surface area (Å²) in [5, 5.41) is 4.22. The number of para-hydroxylation sites is 2. The van der Waals surface area contributed by atoms with Crippen molar-refractivity contribution in [2.24, 2.45) is 0 Å². The third-order valence-corrected chi connectivity index (χ3v) is 3.16. The average Bonchev–Trinajstić information content (AvgIpc) is 2.49. The molecule has 1 fully saturated rings. The molecule has 1 aliphatic rings. The Morgan fingerprint density at radius 2 is 1.61 bits per heavy atom. The van der Waals surface area contributed by atoms with E-state index in [1.54, 1.807) is 11.4 Å². The molecule has 1 aliphatic heterocycles. The van der Waals surface area contributed by atoms with Gasteiger partial charge < -0.3 is 15.4 Å². The summed E-state index contributed by atoms with van der Waals surface area (Å²) < 4.78 is 42.1. The number of nitrogens with one attached hydrogen (secondary N) is 2. The fraction of sp³-hybridized carbons (Fsp3) is 0.333. The van der Waals surface area contributed by atoms with Crippen molar-refractivity contribution in [3.05, 3.63) is 35.9 Å². The molecule has 23 heavy (non-hydrogen) atoms. The maximum Gasteiger partial charge on any atom is 0.471 e. The van der Waals surface area contributed by atoms with Crippen molar-refractivity contribution in [2.75, 3.05) is 23.8 Å². The number of hydrogen-bond donors (Lipinski definition) is 2. The van der Waals surface area contributed by atoms with Crippen LogP contribution in [0, 0.1) is 0 Å². The van der Waals surface area contributed by atoms with Gasteiger partial charge in [0.05, 0.1) is 24.6 Å². The predicted octanol–water partition coefficient (Wildman–Crippen LogP) is 2.86. The van der Waals surface area contributed by atoms with Gasteiger partial charge in [-0.1, -0.05) is 17.7 Å². The van der Waals surface area contributed by atoms with E-state index in [4.69, 9.17) is 4.74 Å². The average molecular weight is 328 g/mol. The first-order chi connectivity index (χ1) is 10.9. The zero-order valence-electron chi connectivity index (χ0n) is 12.1. The quantitative estimate of drug-likeness (QED) is 0.839. The maximum absolute atomic E-state index is 12.3. The normalized spacial score (nSPS) is 15.0. The second kappa shape index (κ2) is 7.28. The first kappa shape index (κ1) is 17.0. The van der Waals surface area contributed by atoms with E-state index < -0.39 is 18.0 Å². The topological polar surface area (TPSA) is 67.4 Å². The highest BCUT2D eigenvalue weighted by Gasteiger charge is 2.39. The minimum atomic E-state index is -5.00. The molecule has 1 heterocycles. The summed E-state index contributed by atoms with van der Waals surface area (Å²) in [6, 6.07) is 5.69. The van der Waals surface area contributed by atoms with Crippen LogP contribution in [0.4, 0.5) is 24.5 Å². The Bertz CT molecular complexity index is 619. The van der Waals surface area contributed by atoms with Gasteiger partial charge in [0.15, 0.2) is 0 Å². The molecule has 0 aliphatic carbocycles. The van der Waals surface area contributed by atoms with Gasteiger partial charge in [0, 0.05) is 6.08 Å². The Kier molecular flexibility index (Phi) is 5.38. The van der Waals surface area contributed by atoms with E-state index >= 15 is 0 Å². The van der Waals surface area contributed by atoms with Crippen LogP contribution in [-0.2, 0) is 14.3 Å². The molecule has 8 heteroatoms. The Balaban J connectivity index is 2.08. The molecular formula is C15H15F3N2O3. The zero-order chi connectivity index (χ0) is 16.9. The fourth-order valence-corrected chi connectivity index (χ4v) is 2.03. The lowest BCUT2D eigenvalue weighted by atomic mass is 10.1. The Labute approximate surface area is 130 Å². The number of amides is 2. The van der Waals surface area contributed by atoms with Crippen molar-refractivity contribution in [1.82, 2.24) is 0 Å². The van der Waals surface area contributed by atoms with Crippen LogP contribution in [0.5, 0.6) is 0 Å². The Hall–Kier alpha value is -2.35. The van der Waals surface area contributed by atoms with Crippen LogP contribution in [0.25, 0.3) is 0 Å². The van der Waals surface area contributed by atoms with Crippen LogP contribution in [0.1, 0.15) is 12.8 Å². The molecule has 2 amide bonds. The SMILES string of the molecule is O=C(C=C1CCOCC1)Nc1ccccc1NC(=O)C(F)(F)F. The van der Waals surface area contributed by atoms with E-state index in [1.165, 1.54) is 24.3 Å². The van der Waals surface area contributed by atoms with Crippen molar-refractivity contribution < 1.29 is 27.5 Å². The Morgan fingerprint density at radius 1 is 1.04 bits per heavy atom. The van der Waals surface area contributed by atoms with E-state index in [1.807, 2.05) is 0 Å². The van der Waals surface area contributed by atoms with Crippen molar-refractivity contribution in [2.45, 2.75) is 19.0 Å². The van der Waals surface area contributed by atoms with Gasteiger partial charge in [0.1, 0.15) is 0 Å². The molecule has 1 saturated heterocycles. The van der Waals surface area contributed by atoms with Crippen LogP contribution < -0.4 is 10.6 Å². The van der Waals surface area contributed by atoms with E-state index in [0.717, 1.165) is 5.57 Å². The van der Waals surface area contributed by atoms with Crippen LogP contribution in [0.3, 0.4) is 0 Å². The minimum absolute atomic E-state index is 0.0963. The van der Waals surface area contributed by atoms with Gasteiger partial charge >= 0.3 is 12.1 Å². The number of rotatable bonds is 3. The molecular weight excluding hydrogens is 313 g/mol. The molecule has 0 bridgehead atoms. The van der Waals surface area contributed by atoms with Gasteiger partial charge in [-0.2, -0.15) is 13.2 Å². The number of benzene rings is 1. The summed E-state index contributed by atoms with van der Waals surface area (Å²) in [7, 11) is 0. The second-order valence-corrected chi connectivity index (χ2v) is 4.90. The zero-order valence-corrected chi connectivity index (χ0v) is 12.1. The molecule has 5 nitrogen and oxygen atoms in total. The molecule has 0 spiro atoms. The maximum atomic E-state index is 12.3. The number of hydrogen-bond acceptors (Lipinski definition) is 3. The Morgan fingerprint density at radius 3 is 2.17 bits per heavy atom. The van der Waals surface area contributed by atoms with E-state index in [0.29, 0.717) is 26.1 Å². The number of ether oxygens (including phenoxy) is 1.